The van der Waals surface area contributed by atoms with Crippen LogP contribution in [-0.4, -0.2) is 58.9 Å². The molecule has 0 bridgehead atoms. The quantitative estimate of drug-likeness (QED) is 0.799. The Morgan fingerprint density at radius 1 is 1.48 bits per heavy atom. The summed E-state index contributed by atoms with van der Waals surface area (Å²) in [6.45, 7) is 1.39. The Hall–Kier alpha value is -1.89. The summed E-state index contributed by atoms with van der Waals surface area (Å²) in [7, 11) is 1.81. The SMILES string of the molecule is CN(CCC(=O)O)c1cc(N2CCCCC2CO)ncn1. The van der Waals surface area contributed by atoms with Crippen molar-refractivity contribution in [1.29, 1.82) is 0 Å². The van der Waals surface area contributed by atoms with Gasteiger partial charge in [0.1, 0.15) is 18.0 Å². The molecular formula is C14H22N4O3. The van der Waals surface area contributed by atoms with E-state index in [1.54, 1.807) is 4.90 Å². The number of nitrogens with zero attached hydrogens (tertiary/aromatic N) is 4. The fraction of sp³-hybridized carbons (Fsp3) is 0.643. The molecule has 0 spiro atoms. The largest absolute Gasteiger partial charge is 0.481 e. The van der Waals surface area contributed by atoms with Gasteiger partial charge < -0.3 is 20.0 Å². The number of aliphatic hydroxyl groups excluding tert-OH is 1. The zero-order chi connectivity index (χ0) is 15.2. The predicted octanol–water partition coefficient (Wildman–Crippen LogP) is 0.739. The Balaban J connectivity index is 2.10. The first kappa shape index (κ1) is 15.5. The van der Waals surface area contributed by atoms with Gasteiger partial charge in [-0.2, -0.15) is 0 Å². The van der Waals surface area contributed by atoms with Gasteiger partial charge in [0.25, 0.3) is 0 Å². The number of aliphatic carboxylic acids is 1. The van der Waals surface area contributed by atoms with Crippen LogP contribution in [0.3, 0.4) is 0 Å². The van der Waals surface area contributed by atoms with Crippen LogP contribution in [-0.2, 0) is 4.79 Å². The second-order valence-electron chi connectivity index (χ2n) is 5.33. The summed E-state index contributed by atoms with van der Waals surface area (Å²) in [6, 6.07) is 1.96. The number of hydrogen-bond donors (Lipinski definition) is 2. The molecule has 7 nitrogen and oxygen atoms in total. The minimum absolute atomic E-state index is 0.0683. The van der Waals surface area contributed by atoms with Crippen molar-refractivity contribution in [2.24, 2.45) is 0 Å². The van der Waals surface area contributed by atoms with Gasteiger partial charge in [-0.05, 0) is 19.3 Å². The Morgan fingerprint density at radius 2 is 2.29 bits per heavy atom. The standard InChI is InChI=1S/C14H22N4O3/c1-17(7-5-14(20)21)12-8-13(16-10-15-12)18-6-3-2-4-11(18)9-19/h8,10-11,19H,2-7,9H2,1H3,(H,20,21). The number of hydrogen-bond acceptors (Lipinski definition) is 6. The minimum atomic E-state index is -0.826. The molecule has 7 heteroatoms. The molecule has 116 valence electrons. The van der Waals surface area contributed by atoms with Crippen LogP contribution < -0.4 is 9.80 Å². The molecule has 1 aliphatic heterocycles. The van der Waals surface area contributed by atoms with Crippen LogP contribution in [0.1, 0.15) is 25.7 Å². The fourth-order valence-electron chi connectivity index (χ4n) is 2.57. The molecule has 1 aromatic rings. The number of rotatable bonds is 6. The summed E-state index contributed by atoms with van der Waals surface area (Å²) in [6.07, 6.45) is 4.73. The lowest BCUT2D eigenvalue weighted by Gasteiger charge is -2.35. The number of aliphatic hydroxyl groups is 1. The highest BCUT2D eigenvalue weighted by molar-refractivity contribution is 5.67. The average Bonchev–Trinajstić information content (AvgIpc) is 2.52. The van der Waals surface area contributed by atoms with Crippen molar-refractivity contribution in [2.75, 3.05) is 36.5 Å². The van der Waals surface area contributed by atoms with E-state index in [-0.39, 0.29) is 19.1 Å². The molecule has 1 saturated heterocycles. The van der Waals surface area contributed by atoms with E-state index in [0.29, 0.717) is 12.4 Å². The Morgan fingerprint density at radius 3 is 3.00 bits per heavy atom. The smallest absolute Gasteiger partial charge is 0.305 e. The molecular weight excluding hydrogens is 272 g/mol. The number of piperidine rings is 1. The summed E-state index contributed by atoms with van der Waals surface area (Å²) < 4.78 is 0. The summed E-state index contributed by atoms with van der Waals surface area (Å²) in [4.78, 5) is 23.0. The summed E-state index contributed by atoms with van der Waals surface area (Å²) in [5.74, 6) is 0.664. The third kappa shape index (κ3) is 4.04. The van der Waals surface area contributed by atoms with Gasteiger partial charge in [0, 0.05) is 26.2 Å². The van der Waals surface area contributed by atoms with Crippen molar-refractivity contribution >= 4 is 17.6 Å². The molecule has 2 heterocycles. The molecule has 1 aromatic heterocycles. The third-order valence-electron chi connectivity index (χ3n) is 3.82. The van der Waals surface area contributed by atoms with Gasteiger partial charge in [-0.1, -0.05) is 0 Å². The molecule has 1 fully saturated rings. The maximum absolute atomic E-state index is 10.6. The lowest BCUT2D eigenvalue weighted by Crippen LogP contribution is -2.42. The third-order valence-corrected chi connectivity index (χ3v) is 3.82. The number of carboxylic acid groups (broad SMARTS) is 1. The lowest BCUT2D eigenvalue weighted by molar-refractivity contribution is -0.136. The first-order chi connectivity index (χ1) is 10.1. The minimum Gasteiger partial charge on any atom is -0.481 e. The van der Waals surface area contributed by atoms with Crippen LogP contribution in [0.15, 0.2) is 12.4 Å². The molecule has 1 atom stereocenters. The van der Waals surface area contributed by atoms with Crippen molar-refractivity contribution in [1.82, 2.24) is 9.97 Å². The zero-order valence-corrected chi connectivity index (χ0v) is 12.3. The summed E-state index contributed by atoms with van der Waals surface area (Å²) >= 11 is 0. The van der Waals surface area contributed by atoms with Crippen LogP contribution in [0.4, 0.5) is 11.6 Å². The normalized spacial score (nSPS) is 18.6. The molecule has 2 rings (SSSR count). The highest BCUT2D eigenvalue weighted by atomic mass is 16.4. The van der Waals surface area contributed by atoms with Gasteiger partial charge in [-0.25, -0.2) is 9.97 Å². The monoisotopic (exact) mass is 294 g/mol. The number of carbonyl (C=O) groups is 1. The van der Waals surface area contributed by atoms with E-state index in [1.165, 1.54) is 6.33 Å². The molecule has 1 unspecified atom stereocenters. The molecule has 0 amide bonds. The van der Waals surface area contributed by atoms with E-state index in [4.69, 9.17) is 5.11 Å². The van der Waals surface area contributed by atoms with Crippen LogP contribution in [0.2, 0.25) is 0 Å². The van der Waals surface area contributed by atoms with Gasteiger partial charge in [-0.15, -0.1) is 0 Å². The zero-order valence-electron chi connectivity index (χ0n) is 12.3. The Kier molecular flexibility index (Phi) is 5.32. The highest BCUT2D eigenvalue weighted by Crippen LogP contribution is 2.24. The van der Waals surface area contributed by atoms with E-state index in [1.807, 2.05) is 13.1 Å². The van der Waals surface area contributed by atoms with Crippen LogP contribution in [0.25, 0.3) is 0 Å². The van der Waals surface area contributed by atoms with Crippen LogP contribution in [0.5, 0.6) is 0 Å². The van der Waals surface area contributed by atoms with Crippen molar-refractivity contribution in [3.8, 4) is 0 Å². The second-order valence-corrected chi connectivity index (χ2v) is 5.33. The van der Waals surface area contributed by atoms with Gasteiger partial charge in [0.05, 0.1) is 19.1 Å². The van der Waals surface area contributed by atoms with Crippen molar-refractivity contribution < 1.29 is 15.0 Å². The van der Waals surface area contributed by atoms with Crippen molar-refractivity contribution in [2.45, 2.75) is 31.7 Å². The van der Waals surface area contributed by atoms with E-state index >= 15 is 0 Å². The van der Waals surface area contributed by atoms with Crippen molar-refractivity contribution in [3.05, 3.63) is 12.4 Å². The lowest BCUT2D eigenvalue weighted by atomic mass is 10.0. The van der Waals surface area contributed by atoms with Gasteiger partial charge in [-0.3, -0.25) is 4.79 Å². The molecule has 0 saturated carbocycles. The first-order valence-corrected chi connectivity index (χ1v) is 7.24. The summed E-state index contributed by atoms with van der Waals surface area (Å²) in [5, 5.41) is 18.2. The van der Waals surface area contributed by atoms with Crippen LogP contribution >= 0.6 is 0 Å². The maximum atomic E-state index is 10.6. The summed E-state index contributed by atoms with van der Waals surface area (Å²) in [5.41, 5.74) is 0. The average molecular weight is 294 g/mol. The Bertz CT molecular complexity index is 483. The topological polar surface area (TPSA) is 89.8 Å². The number of aromatic nitrogens is 2. The number of anilines is 2. The molecule has 21 heavy (non-hydrogen) atoms. The molecule has 1 aliphatic rings. The van der Waals surface area contributed by atoms with E-state index in [9.17, 15) is 9.90 Å². The van der Waals surface area contributed by atoms with E-state index < -0.39 is 5.97 Å². The molecule has 0 aromatic carbocycles. The fourth-order valence-corrected chi connectivity index (χ4v) is 2.57. The first-order valence-electron chi connectivity index (χ1n) is 7.24. The molecule has 2 N–H and O–H groups in total. The maximum Gasteiger partial charge on any atom is 0.305 e. The van der Waals surface area contributed by atoms with E-state index in [0.717, 1.165) is 31.6 Å². The van der Waals surface area contributed by atoms with Gasteiger partial charge in [0.15, 0.2) is 0 Å². The predicted molar refractivity (Wildman–Crippen MR) is 79.6 cm³/mol. The number of carboxylic acids is 1. The molecule has 0 radical (unpaired) electrons. The van der Waals surface area contributed by atoms with Crippen molar-refractivity contribution in [3.63, 3.8) is 0 Å². The van der Waals surface area contributed by atoms with E-state index in [2.05, 4.69) is 14.9 Å². The van der Waals surface area contributed by atoms with Crippen LogP contribution in [0, 0.1) is 0 Å². The Labute approximate surface area is 124 Å². The van der Waals surface area contributed by atoms with Gasteiger partial charge in [0.2, 0.25) is 0 Å². The molecule has 0 aliphatic carbocycles. The highest BCUT2D eigenvalue weighted by Gasteiger charge is 2.23. The second kappa shape index (κ2) is 7.21. The van der Waals surface area contributed by atoms with Gasteiger partial charge >= 0.3 is 5.97 Å².